The summed E-state index contributed by atoms with van der Waals surface area (Å²) in [6, 6.07) is 9.28. The number of benzene rings is 1. The minimum absolute atomic E-state index is 0.0413. The third-order valence-corrected chi connectivity index (χ3v) is 7.11. The van der Waals surface area contributed by atoms with Crippen molar-refractivity contribution in [2.75, 3.05) is 7.11 Å². The van der Waals surface area contributed by atoms with Crippen molar-refractivity contribution < 1.29 is 24.0 Å². The first-order valence-electron chi connectivity index (χ1n) is 10.3. The predicted octanol–water partition coefficient (Wildman–Crippen LogP) is 3.69. The largest absolute Gasteiger partial charge is 0.456 e. The van der Waals surface area contributed by atoms with E-state index in [0.717, 1.165) is 9.80 Å². The topological polar surface area (TPSA) is 112 Å². The Balaban J connectivity index is 1.56. The molecule has 2 aromatic rings. The summed E-state index contributed by atoms with van der Waals surface area (Å²) in [6.45, 7) is 3.67. The predicted molar refractivity (Wildman–Crippen MR) is 120 cm³/mol. The number of thioether (sulfide) groups is 1. The Morgan fingerprint density at radius 2 is 1.91 bits per heavy atom. The minimum Gasteiger partial charge on any atom is -0.456 e. The Morgan fingerprint density at radius 1 is 1.24 bits per heavy atom. The summed E-state index contributed by atoms with van der Waals surface area (Å²) in [4.78, 5) is 43.7. The van der Waals surface area contributed by atoms with Gasteiger partial charge in [-0.15, -0.1) is 0 Å². The van der Waals surface area contributed by atoms with Crippen molar-refractivity contribution in [2.45, 2.75) is 43.4 Å². The van der Waals surface area contributed by atoms with Gasteiger partial charge in [0.2, 0.25) is 5.91 Å². The van der Waals surface area contributed by atoms with E-state index in [-0.39, 0.29) is 35.9 Å². The summed E-state index contributed by atoms with van der Waals surface area (Å²) in [5.41, 5.74) is 0.154. The molecule has 4 rings (SSSR count). The summed E-state index contributed by atoms with van der Waals surface area (Å²) in [5, 5.41) is 10.8. The fourth-order valence-electron chi connectivity index (χ4n) is 4.12. The van der Waals surface area contributed by atoms with Gasteiger partial charge in [0.25, 0.3) is 5.69 Å². The van der Waals surface area contributed by atoms with Crippen LogP contribution in [0.4, 0.5) is 5.69 Å². The summed E-state index contributed by atoms with van der Waals surface area (Å²) in [6.07, 6.45) is 3.86. The van der Waals surface area contributed by atoms with Gasteiger partial charge < -0.3 is 14.4 Å². The highest BCUT2D eigenvalue weighted by molar-refractivity contribution is 8.03. The van der Waals surface area contributed by atoms with E-state index in [0.29, 0.717) is 12.0 Å². The lowest BCUT2D eigenvalue weighted by molar-refractivity contribution is -0.384. The van der Waals surface area contributed by atoms with Crippen molar-refractivity contribution in [3.63, 3.8) is 0 Å². The lowest BCUT2D eigenvalue weighted by Crippen LogP contribution is -2.65. The van der Waals surface area contributed by atoms with Gasteiger partial charge >= 0.3 is 5.97 Å². The summed E-state index contributed by atoms with van der Waals surface area (Å²) >= 11 is 1.41. The molecule has 10 heteroatoms. The SMILES string of the molecule is COC(C)(C)[C@H]1C(=O)N2C(C(=O)OCc3ccc([N+](=O)[O-])cc3)=C(Sc3ccncc3)C[C@H]12. The van der Waals surface area contributed by atoms with E-state index in [1.807, 2.05) is 26.0 Å². The lowest BCUT2D eigenvalue weighted by Gasteiger charge is -2.49. The quantitative estimate of drug-likeness (QED) is 0.249. The average molecular weight is 470 g/mol. The molecule has 172 valence electrons. The van der Waals surface area contributed by atoms with Gasteiger partial charge in [-0.1, -0.05) is 11.8 Å². The van der Waals surface area contributed by atoms with Crippen LogP contribution in [0.25, 0.3) is 0 Å². The molecule has 0 spiro atoms. The first-order valence-corrected chi connectivity index (χ1v) is 11.1. The molecule has 0 radical (unpaired) electrons. The van der Waals surface area contributed by atoms with Crippen molar-refractivity contribution in [3.8, 4) is 0 Å². The lowest BCUT2D eigenvalue weighted by atomic mass is 9.76. The number of carbonyl (C=O) groups is 2. The van der Waals surface area contributed by atoms with Gasteiger partial charge in [0.1, 0.15) is 12.3 Å². The summed E-state index contributed by atoms with van der Waals surface area (Å²) < 4.78 is 11.1. The van der Waals surface area contributed by atoms with Crippen LogP contribution in [-0.4, -0.2) is 45.4 Å². The number of hydrogen-bond acceptors (Lipinski definition) is 8. The monoisotopic (exact) mass is 469 g/mol. The molecule has 0 unspecified atom stereocenters. The number of pyridine rings is 1. The van der Waals surface area contributed by atoms with E-state index in [1.54, 1.807) is 19.5 Å². The van der Waals surface area contributed by atoms with Crippen molar-refractivity contribution in [3.05, 3.63) is 75.1 Å². The summed E-state index contributed by atoms with van der Waals surface area (Å²) in [7, 11) is 1.57. The van der Waals surface area contributed by atoms with Crippen LogP contribution in [0.3, 0.4) is 0 Å². The van der Waals surface area contributed by atoms with Crippen LogP contribution >= 0.6 is 11.8 Å². The molecule has 1 fully saturated rings. The molecule has 2 aliphatic rings. The molecule has 1 saturated heterocycles. The number of β-lactam (4-membered cyclic amide) rings is 1. The second kappa shape index (κ2) is 8.95. The van der Waals surface area contributed by atoms with E-state index >= 15 is 0 Å². The Morgan fingerprint density at radius 3 is 2.52 bits per heavy atom. The number of rotatable bonds is 8. The number of nitro benzene ring substituents is 1. The van der Waals surface area contributed by atoms with E-state index in [4.69, 9.17) is 9.47 Å². The number of nitro groups is 1. The summed E-state index contributed by atoms with van der Waals surface area (Å²) in [5.74, 6) is -1.13. The van der Waals surface area contributed by atoms with Gasteiger partial charge in [0, 0.05) is 47.9 Å². The molecule has 9 nitrogen and oxygen atoms in total. The van der Waals surface area contributed by atoms with Crippen LogP contribution in [-0.2, 0) is 25.7 Å². The minimum atomic E-state index is -0.664. The number of amides is 1. The molecule has 33 heavy (non-hydrogen) atoms. The third kappa shape index (κ3) is 4.36. The van der Waals surface area contributed by atoms with Crippen LogP contribution in [0, 0.1) is 16.0 Å². The van der Waals surface area contributed by atoms with Gasteiger partial charge in [-0.25, -0.2) is 4.79 Å². The zero-order valence-corrected chi connectivity index (χ0v) is 19.2. The molecule has 1 amide bonds. The second-order valence-electron chi connectivity index (χ2n) is 8.32. The molecule has 1 aromatic heterocycles. The van der Waals surface area contributed by atoms with E-state index in [1.165, 1.54) is 40.9 Å². The van der Waals surface area contributed by atoms with Crippen LogP contribution in [0.5, 0.6) is 0 Å². The first-order chi connectivity index (χ1) is 15.7. The van der Waals surface area contributed by atoms with Crippen molar-refractivity contribution in [1.29, 1.82) is 0 Å². The maximum absolute atomic E-state index is 13.1. The zero-order valence-electron chi connectivity index (χ0n) is 18.4. The van der Waals surface area contributed by atoms with Gasteiger partial charge in [-0.3, -0.25) is 19.9 Å². The number of methoxy groups -OCH3 is 1. The number of hydrogen-bond donors (Lipinski definition) is 0. The van der Waals surface area contributed by atoms with Crippen LogP contribution < -0.4 is 0 Å². The molecule has 0 N–H and O–H groups in total. The van der Waals surface area contributed by atoms with Crippen molar-refractivity contribution in [2.24, 2.45) is 5.92 Å². The maximum atomic E-state index is 13.1. The number of carbonyl (C=O) groups excluding carboxylic acids is 2. The number of aromatic nitrogens is 1. The molecule has 3 heterocycles. The highest BCUT2D eigenvalue weighted by atomic mass is 32.2. The average Bonchev–Trinajstić information content (AvgIpc) is 3.11. The van der Waals surface area contributed by atoms with Crippen molar-refractivity contribution in [1.82, 2.24) is 9.88 Å². The molecular formula is C23H23N3O6S. The van der Waals surface area contributed by atoms with Gasteiger partial charge in [-0.2, -0.15) is 0 Å². The maximum Gasteiger partial charge on any atom is 0.356 e. The van der Waals surface area contributed by atoms with E-state index < -0.39 is 16.5 Å². The Bertz CT molecular complexity index is 1120. The highest BCUT2D eigenvalue weighted by Crippen LogP contribution is 2.51. The van der Waals surface area contributed by atoms with Crippen LogP contribution in [0.15, 0.2) is 64.3 Å². The number of nitrogens with zero attached hydrogens (tertiary/aromatic N) is 3. The number of esters is 1. The van der Waals surface area contributed by atoms with Crippen LogP contribution in [0.2, 0.25) is 0 Å². The Kier molecular flexibility index (Phi) is 6.22. The van der Waals surface area contributed by atoms with Crippen molar-refractivity contribution >= 4 is 29.3 Å². The fourth-order valence-corrected chi connectivity index (χ4v) is 5.20. The fraction of sp³-hybridized carbons (Fsp3) is 0.348. The van der Waals surface area contributed by atoms with Gasteiger partial charge in [0.05, 0.1) is 22.5 Å². The molecule has 0 aliphatic carbocycles. The highest BCUT2D eigenvalue weighted by Gasteiger charge is 2.60. The number of non-ortho nitro benzene ring substituents is 1. The number of ether oxygens (including phenoxy) is 2. The first kappa shape index (κ1) is 22.9. The van der Waals surface area contributed by atoms with E-state index in [2.05, 4.69) is 4.98 Å². The third-order valence-electron chi connectivity index (χ3n) is 6.00. The standard InChI is InChI=1S/C23H23N3O6S/c1-23(2,31-3)19-17-12-18(33-16-8-10-24-11-9-16)20(25(17)21(19)27)22(28)32-13-14-4-6-15(7-5-14)26(29)30/h4-11,17,19H,12-13H2,1-3H3/t17-,19-/m1/s1. The molecule has 0 bridgehead atoms. The molecular weight excluding hydrogens is 446 g/mol. The molecule has 2 aliphatic heterocycles. The van der Waals surface area contributed by atoms with Crippen LogP contribution in [0.1, 0.15) is 25.8 Å². The van der Waals surface area contributed by atoms with Gasteiger partial charge in [0.15, 0.2) is 0 Å². The normalized spacial score (nSPS) is 19.8. The Hall–Kier alpha value is -3.24. The Labute approximate surface area is 194 Å². The number of fused-ring (bicyclic) bond motifs is 1. The van der Waals surface area contributed by atoms with E-state index in [9.17, 15) is 19.7 Å². The molecule has 2 atom stereocenters. The van der Waals surface area contributed by atoms with Gasteiger partial charge in [-0.05, 0) is 43.7 Å². The molecule has 1 aromatic carbocycles. The zero-order chi connectivity index (χ0) is 23.8. The smallest absolute Gasteiger partial charge is 0.356 e. The second-order valence-corrected chi connectivity index (χ2v) is 9.49. The molecule has 0 saturated carbocycles.